The molecule has 1 atom stereocenters. The number of esters is 1. The maximum atomic E-state index is 12.9. The van der Waals surface area contributed by atoms with E-state index in [9.17, 15) is 15.0 Å². The molecule has 1 spiro atoms. The van der Waals surface area contributed by atoms with Crippen LogP contribution in [0.5, 0.6) is 23.0 Å². The Labute approximate surface area is 185 Å². The highest BCUT2D eigenvalue weighted by atomic mass is 32.1. The van der Waals surface area contributed by atoms with Crippen LogP contribution in [-0.4, -0.2) is 26.5 Å². The maximum absolute atomic E-state index is 12.9. The van der Waals surface area contributed by atoms with Crippen molar-refractivity contribution in [3.63, 3.8) is 0 Å². The molecular formula is C22H10N2O5S2. The molecule has 2 heterocycles. The van der Waals surface area contributed by atoms with Crippen molar-refractivity contribution < 1.29 is 24.5 Å². The van der Waals surface area contributed by atoms with Gasteiger partial charge in [0.15, 0.2) is 5.60 Å². The van der Waals surface area contributed by atoms with Gasteiger partial charge in [-0.2, -0.15) is 9.98 Å². The van der Waals surface area contributed by atoms with Crippen LogP contribution in [0.1, 0.15) is 27.0 Å². The monoisotopic (exact) mass is 446 g/mol. The third-order valence-corrected chi connectivity index (χ3v) is 5.38. The van der Waals surface area contributed by atoms with Crippen LogP contribution in [0.25, 0.3) is 0 Å². The fraction of sp³-hybridized carbons (Fsp3) is 0.0455. The lowest BCUT2D eigenvalue weighted by Crippen LogP contribution is -2.33. The van der Waals surface area contributed by atoms with Crippen molar-refractivity contribution in [2.24, 2.45) is 9.98 Å². The summed E-state index contributed by atoms with van der Waals surface area (Å²) in [6.45, 7) is 0. The van der Waals surface area contributed by atoms with E-state index in [2.05, 4.69) is 32.5 Å². The number of thiocarbonyl (C=S) groups is 2. The minimum Gasteiger partial charge on any atom is -0.508 e. The molecule has 0 aromatic heterocycles. The van der Waals surface area contributed by atoms with E-state index in [4.69, 9.17) is 21.7 Å². The Morgan fingerprint density at radius 2 is 1.65 bits per heavy atom. The topological polar surface area (TPSA) is 101 Å². The van der Waals surface area contributed by atoms with Gasteiger partial charge in [0, 0.05) is 23.8 Å². The van der Waals surface area contributed by atoms with Gasteiger partial charge in [-0.25, -0.2) is 4.79 Å². The fourth-order valence-electron chi connectivity index (χ4n) is 4.07. The molecule has 2 N–H and O–H groups in total. The van der Waals surface area contributed by atoms with Crippen LogP contribution in [0.3, 0.4) is 0 Å². The van der Waals surface area contributed by atoms with Gasteiger partial charge in [-0.05, 0) is 36.6 Å². The Morgan fingerprint density at radius 1 is 0.903 bits per heavy atom. The molecule has 5 rings (SSSR count). The largest absolute Gasteiger partial charge is 0.508 e. The number of ether oxygens (including phenoxy) is 2. The van der Waals surface area contributed by atoms with Crippen LogP contribution in [0.15, 0.2) is 58.5 Å². The zero-order valence-electron chi connectivity index (χ0n) is 15.4. The molecule has 0 amide bonds. The van der Waals surface area contributed by atoms with Crippen LogP contribution in [-0.2, 0) is 10.3 Å². The number of fused-ring (bicyclic) bond motifs is 6. The van der Waals surface area contributed by atoms with Crippen molar-refractivity contribution in [3.05, 3.63) is 70.8 Å². The van der Waals surface area contributed by atoms with Gasteiger partial charge in [-0.3, -0.25) is 0 Å². The number of aliphatic imine (C=N–C) groups is 2. The van der Waals surface area contributed by atoms with Crippen molar-refractivity contribution in [1.82, 2.24) is 0 Å². The number of phenolic OH excluding ortho intramolecular Hbond substituents is 2. The minimum absolute atomic E-state index is 0.124. The molecule has 2 aliphatic rings. The predicted octanol–water partition coefficient (Wildman–Crippen LogP) is 5.13. The molecule has 31 heavy (non-hydrogen) atoms. The number of nitrogens with zero attached hydrogens (tertiary/aromatic N) is 2. The number of carbonyl (C=O) groups is 1. The molecule has 3 aromatic rings. The van der Waals surface area contributed by atoms with Crippen molar-refractivity contribution in [1.29, 1.82) is 0 Å². The number of benzene rings is 3. The van der Waals surface area contributed by atoms with Crippen LogP contribution in [0, 0.1) is 0 Å². The molecule has 0 bridgehead atoms. The number of isothiocyanates is 2. The summed E-state index contributed by atoms with van der Waals surface area (Å²) in [4.78, 5) is 20.9. The van der Waals surface area contributed by atoms with Gasteiger partial charge in [-0.15, -0.1) is 0 Å². The van der Waals surface area contributed by atoms with Crippen LogP contribution in [0.2, 0.25) is 0 Å². The second kappa shape index (κ2) is 6.84. The first kappa shape index (κ1) is 19.1. The highest BCUT2D eigenvalue weighted by Gasteiger charge is 2.55. The van der Waals surface area contributed by atoms with Crippen molar-refractivity contribution >= 4 is 52.1 Å². The molecule has 7 nitrogen and oxygen atoms in total. The molecular weight excluding hydrogens is 436 g/mol. The van der Waals surface area contributed by atoms with Gasteiger partial charge in [0.25, 0.3) is 0 Å². The van der Waals surface area contributed by atoms with Gasteiger partial charge < -0.3 is 19.7 Å². The molecule has 2 aliphatic heterocycles. The summed E-state index contributed by atoms with van der Waals surface area (Å²) in [5.74, 6) is -0.491. The van der Waals surface area contributed by atoms with Crippen LogP contribution >= 0.6 is 24.4 Å². The van der Waals surface area contributed by atoms with Gasteiger partial charge in [0.2, 0.25) is 0 Å². The number of hydrogen-bond acceptors (Lipinski definition) is 9. The van der Waals surface area contributed by atoms with Gasteiger partial charge in [0.05, 0.1) is 32.7 Å². The van der Waals surface area contributed by atoms with Gasteiger partial charge in [-0.1, -0.05) is 18.2 Å². The van der Waals surface area contributed by atoms with E-state index < -0.39 is 11.6 Å². The summed E-state index contributed by atoms with van der Waals surface area (Å²) in [5.41, 5.74) is 0.504. The Balaban J connectivity index is 1.97. The average Bonchev–Trinajstić information content (AvgIpc) is 3.02. The van der Waals surface area contributed by atoms with Gasteiger partial charge in [0.1, 0.15) is 28.7 Å². The molecule has 150 valence electrons. The first-order valence-electron chi connectivity index (χ1n) is 8.91. The number of hydrogen-bond donors (Lipinski definition) is 2. The summed E-state index contributed by atoms with van der Waals surface area (Å²) in [7, 11) is 0. The highest BCUT2D eigenvalue weighted by Crippen LogP contribution is 2.60. The molecule has 0 radical (unpaired) electrons. The minimum atomic E-state index is -1.49. The predicted molar refractivity (Wildman–Crippen MR) is 117 cm³/mol. The molecule has 0 saturated heterocycles. The lowest BCUT2D eigenvalue weighted by atomic mass is 9.76. The number of phenols is 2. The summed E-state index contributed by atoms with van der Waals surface area (Å²) in [5, 5.41) is 25.1. The highest BCUT2D eigenvalue weighted by molar-refractivity contribution is 7.78. The first-order chi connectivity index (χ1) is 15.0. The molecule has 0 fully saturated rings. The van der Waals surface area contributed by atoms with Crippen molar-refractivity contribution in [2.75, 3.05) is 0 Å². The molecule has 3 aromatic carbocycles. The van der Waals surface area contributed by atoms with E-state index in [0.29, 0.717) is 22.3 Å². The summed E-state index contributed by atoms with van der Waals surface area (Å²) in [6.07, 6.45) is 0. The SMILES string of the molecule is O=C1OC2(c3cc(N=C=S)c(O)cc3Oc3cc(O)cc(N=C=S)c32)c2ccccc21. The Hall–Kier alpha value is -3.87. The summed E-state index contributed by atoms with van der Waals surface area (Å²) in [6, 6.07) is 12.5. The van der Waals surface area contributed by atoms with Crippen molar-refractivity contribution in [3.8, 4) is 23.0 Å². The second-order valence-corrected chi connectivity index (χ2v) is 7.16. The van der Waals surface area contributed by atoms with E-state index in [-0.39, 0.29) is 34.4 Å². The second-order valence-electron chi connectivity index (χ2n) is 6.80. The van der Waals surface area contributed by atoms with E-state index in [1.54, 1.807) is 24.3 Å². The lowest BCUT2D eigenvalue weighted by molar-refractivity contribution is 0.0226. The Kier molecular flexibility index (Phi) is 4.22. The number of aromatic hydroxyl groups is 2. The number of carbonyl (C=O) groups excluding carboxylic acids is 1. The molecule has 1 unspecified atom stereocenters. The van der Waals surface area contributed by atoms with Crippen LogP contribution < -0.4 is 4.74 Å². The molecule has 0 saturated carbocycles. The van der Waals surface area contributed by atoms with E-state index in [1.165, 1.54) is 24.3 Å². The summed E-state index contributed by atoms with van der Waals surface area (Å²) < 4.78 is 12.0. The number of rotatable bonds is 2. The Morgan fingerprint density at radius 3 is 2.42 bits per heavy atom. The zero-order chi connectivity index (χ0) is 21.8. The smallest absolute Gasteiger partial charge is 0.340 e. The van der Waals surface area contributed by atoms with E-state index >= 15 is 0 Å². The summed E-state index contributed by atoms with van der Waals surface area (Å²) >= 11 is 9.46. The Bertz CT molecular complexity index is 1410. The lowest BCUT2D eigenvalue weighted by Gasteiger charge is -2.37. The normalized spacial score (nSPS) is 17.4. The molecule has 0 aliphatic carbocycles. The standard InChI is InChI=1S/C22H10N2O5S2/c25-11-5-16(24-10-31)20-19(6-11)28-18-8-17(26)15(23-9-30)7-14(18)22(20)13-4-2-1-3-12(13)21(27)29-22/h1-8,25-26H. The van der Waals surface area contributed by atoms with Crippen molar-refractivity contribution in [2.45, 2.75) is 5.60 Å². The van der Waals surface area contributed by atoms with Crippen LogP contribution in [0.4, 0.5) is 11.4 Å². The van der Waals surface area contributed by atoms with E-state index in [1.807, 2.05) is 0 Å². The average molecular weight is 446 g/mol. The maximum Gasteiger partial charge on any atom is 0.340 e. The van der Waals surface area contributed by atoms with Gasteiger partial charge >= 0.3 is 5.97 Å². The zero-order valence-corrected chi connectivity index (χ0v) is 17.1. The first-order valence-corrected chi connectivity index (χ1v) is 9.72. The fourth-order valence-corrected chi connectivity index (χ4v) is 4.27. The molecule has 9 heteroatoms. The van der Waals surface area contributed by atoms with E-state index in [0.717, 1.165) is 0 Å². The quantitative estimate of drug-likeness (QED) is 0.320. The third-order valence-electron chi connectivity index (χ3n) is 5.20. The third kappa shape index (κ3) is 2.63.